The zero-order valence-electron chi connectivity index (χ0n) is 13.3. The van der Waals surface area contributed by atoms with E-state index in [2.05, 4.69) is 45.6 Å². The summed E-state index contributed by atoms with van der Waals surface area (Å²) in [6.07, 6.45) is 11.5. The second-order valence-electron chi connectivity index (χ2n) is 7.12. The predicted octanol–water partition coefficient (Wildman–Crippen LogP) is 4.89. The van der Waals surface area contributed by atoms with Gasteiger partial charge in [-0.3, -0.25) is 0 Å². The van der Waals surface area contributed by atoms with Gasteiger partial charge in [0.1, 0.15) is 0 Å². The Labute approximate surface area is 124 Å². The van der Waals surface area contributed by atoms with Gasteiger partial charge in [0.2, 0.25) is 0 Å². The number of hydrogen-bond donors (Lipinski definition) is 1. The maximum atomic E-state index is 10.3. The van der Waals surface area contributed by atoms with Gasteiger partial charge in [0.25, 0.3) is 0 Å². The maximum absolute atomic E-state index is 10.3. The first kappa shape index (κ1) is 15.6. The number of allylic oxidation sites excluding steroid dienone is 4. The van der Waals surface area contributed by atoms with Crippen LogP contribution in [0.15, 0.2) is 36.0 Å². The van der Waals surface area contributed by atoms with Gasteiger partial charge in [-0.2, -0.15) is 0 Å². The van der Waals surface area contributed by atoms with Gasteiger partial charge >= 0.3 is 0 Å². The van der Waals surface area contributed by atoms with Crippen molar-refractivity contribution in [2.75, 3.05) is 0 Å². The Morgan fingerprint density at radius 1 is 1.25 bits per heavy atom. The van der Waals surface area contributed by atoms with Crippen LogP contribution in [0.4, 0.5) is 0 Å². The summed E-state index contributed by atoms with van der Waals surface area (Å²) >= 11 is 0. The quantitative estimate of drug-likeness (QED) is 0.675. The minimum atomic E-state index is -0.195. The molecule has 2 rings (SSSR count). The minimum Gasteiger partial charge on any atom is -0.393 e. The third-order valence-electron chi connectivity index (χ3n) is 5.25. The van der Waals surface area contributed by atoms with Crippen molar-refractivity contribution in [3.8, 4) is 0 Å². The lowest BCUT2D eigenvalue weighted by molar-refractivity contribution is 0.103. The lowest BCUT2D eigenvalue weighted by Gasteiger charge is -2.41. The molecule has 0 unspecified atom stereocenters. The van der Waals surface area contributed by atoms with Crippen molar-refractivity contribution in [2.24, 2.45) is 23.7 Å². The summed E-state index contributed by atoms with van der Waals surface area (Å²) in [4.78, 5) is 0. The van der Waals surface area contributed by atoms with E-state index in [0.29, 0.717) is 17.8 Å². The fourth-order valence-electron chi connectivity index (χ4n) is 4.01. The Balaban J connectivity index is 2.28. The summed E-state index contributed by atoms with van der Waals surface area (Å²) in [5, 5.41) is 10.3. The van der Waals surface area contributed by atoms with Gasteiger partial charge in [-0.05, 0) is 62.7 Å². The first-order chi connectivity index (χ1) is 9.49. The van der Waals surface area contributed by atoms with Crippen molar-refractivity contribution in [1.29, 1.82) is 0 Å². The van der Waals surface area contributed by atoms with Crippen LogP contribution >= 0.6 is 0 Å². The second kappa shape index (κ2) is 6.76. The van der Waals surface area contributed by atoms with E-state index in [1.54, 1.807) is 0 Å². The van der Waals surface area contributed by atoms with E-state index in [-0.39, 0.29) is 6.10 Å². The topological polar surface area (TPSA) is 20.2 Å². The van der Waals surface area contributed by atoms with E-state index in [0.717, 1.165) is 31.6 Å². The van der Waals surface area contributed by atoms with Crippen molar-refractivity contribution in [3.63, 3.8) is 0 Å². The van der Waals surface area contributed by atoms with Crippen molar-refractivity contribution in [3.05, 3.63) is 36.0 Å². The summed E-state index contributed by atoms with van der Waals surface area (Å²) in [6.45, 7) is 11.2. The van der Waals surface area contributed by atoms with Gasteiger partial charge in [0.15, 0.2) is 0 Å². The first-order valence-electron chi connectivity index (χ1n) is 8.15. The van der Waals surface area contributed by atoms with Crippen molar-refractivity contribution in [2.45, 2.75) is 59.0 Å². The lowest BCUT2D eigenvalue weighted by Crippen LogP contribution is -2.33. The molecule has 0 saturated heterocycles. The van der Waals surface area contributed by atoms with E-state index in [4.69, 9.17) is 0 Å². The van der Waals surface area contributed by atoms with Crippen LogP contribution in [0, 0.1) is 23.7 Å². The van der Waals surface area contributed by atoms with Gasteiger partial charge in [-0.25, -0.2) is 0 Å². The number of hydrogen-bond acceptors (Lipinski definition) is 1. The van der Waals surface area contributed by atoms with Gasteiger partial charge in [0.05, 0.1) is 6.10 Å². The van der Waals surface area contributed by atoms with E-state index in [9.17, 15) is 5.11 Å². The molecule has 20 heavy (non-hydrogen) atoms. The summed E-state index contributed by atoms with van der Waals surface area (Å²) in [6, 6.07) is 0. The molecule has 1 nitrogen and oxygen atoms in total. The Hall–Kier alpha value is -0.820. The fraction of sp³-hybridized carbons (Fsp3) is 0.684. The van der Waals surface area contributed by atoms with Crippen LogP contribution in [0.1, 0.15) is 52.9 Å². The van der Waals surface area contributed by atoms with Gasteiger partial charge in [-0.1, -0.05) is 49.8 Å². The molecule has 0 aromatic heterocycles. The zero-order valence-corrected chi connectivity index (χ0v) is 13.3. The van der Waals surface area contributed by atoms with Gasteiger partial charge in [-0.15, -0.1) is 0 Å². The summed E-state index contributed by atoms with van der Waals surface area (Å²) in [5.74, 6) is 2.63. The summed E-state index contributed by atoms with van der Waals surface area (Å²) in [7, 11) is 0. The molecule has 1 heteroatoms. The molecule has 112 valence electrons. The Morgan fingerprint density at radius 3 is 2.70 bits per heavy atom. The summed E-state index contributed by atoms with van der Waals surface area (Å²) in [5.41, 5.74) is 2.84. The predicted molar refractivity (Wildman–Crippen MR) is 86.4 cm³/mol. The number of aliphatic hydroxyl groups excluding tert-OH is 1. The minimum absolute atomic E-state index is 0.195. The highest BCUT2D eigenvalue weighted by atomic mass is 16.3. The van der Waals surface area contributed by atoms with Crippen LogP contribution in [0.25, 0.3) is 0 Å². The van der Waals surface area contributed by atoms with Crippen molar-refractivity contribution >= 4 is 0 Å². The molecule has 2 aliphatic rings. The van der Waals surface area contributed by atoms with Gasteiger partial charge in [0, 0.05) is 0 Å². The number of aliphatic hydroxyl groups is 1. The largest absolute Gasteiger partial charge is 0.393 e. The molecule has 1 N–H and O–H groups in total. The molecule has 4 atom stereocenters. The van der Waals surface area contributed by atoms with Crippen LogP contribution in [-0.4, -0.2) is 11.2 Å². The van der Waals surface area contributed by atoms with E-state index in [1.807, 2.05) is 0 Å². The molecule has 0 aromatic rings. The molecule has 2 aliphatic carbocycles. The van der Waals surface area contributed by atoms with Gasteiger partial charge < -0.3 is 5.11 Å². The number of rotatable bonds is 1. The monoisotopic (exact) mass is 274 g/mol. The molecule has 0 saturated carbocycles. The third kappa shape index (κ3) is 3.63. The van der Waals surface area contributed by atoms with E-state index >= 15 is 0 Å². The Morgan fingerprint density at radius 2 is 2.00 bits per heavy atom. The zero-order chi connectivity index (χ0) is 14.7. The molecule has 0 spiro atoms. The highest BCUT2D eigenvalue weighted by Crippen LogP contribution is 2.44. The second-order valence-corrected chi connectivity index (χ2v) is 7.12. The average Bonchev–Trinajstić information content (AvgIpc) is 2.38. The van der Waals surface area contributed by atoms with Crippen LogP contribution in [-0.2, 0) is 0 Å². The lowest BCUT2D eigenvalue weighted by atomic mass is 9.64. The van der Waals surface area contributed by atoms with E-state index in [1.165, 1.54) is 17.6 Å². The smallest absolute Gasteiger partial charge is 0.0580 e. The van der Waals surface area contributed by atoms with Crippen LogP contribution < -0.4 is 0 Å². The van der Waals surface area contributed by atoms with E-state index < -0.39 is 0 Å². The highest BCUT2D eigenvalue weighted by molar-refractivity contribution is 5.16. The van der Waals surface area contributed by atoms with Crippen LogP contribution in [0.5, 0.6) is 0 Å². The molecule has 0 bridgehead atoms. The Kier molecular flexibility index (Phi) is 5.26. The SMILES string of the molecule is C=C1CC=CC[C@@H](O)C[C@H]2C(C)=CC[C@H](C(C)C)[C@H]2C1. The Bertz CT molecular complexity index is 402. The maximum Gasteiger partial charge on any atom is 0.0580 e. The molecular weight excluding hydrogens is 244 g/mol. The standard InChI is InChI=1S/C19H30O/c1-13(2)17-10-9-15(4)18-12-16(20)8-6-5-7-14(3)11-19(17)18/h5-6,9,13,16-20H,3,7-8,10-12H2,1-2,4H3/t16-,17-,18+,19-/m1/s1. The van der Waals surface area contributed by atoms with Crippen molar-refractivity contribution < 1.29 is 5.11 Å². The summed E-state index contributed by atoms with van der Waals surface area (Å²) < 4.78 is 0. The normalized spacial score (nSPS) is 35.6. The molecule has 0 aliphatic heterocycles. The molecule has 0 fully saturated rings. The van der Waals surface area contributed by atoms with Crippen molar-refractivity contribution in [1.82, 2.24) is 0 Å². The highest BCUT2D eigenvalue weighted by Gasteiger charge is 2.36. The fourth-order valence-corrected chi connectivity index (χ4v) is 4.01. The molecule has 0 radical (unpaired) electrons. The third-order valence-corrected chi connectivity index (χ3v) is 5.25. The number of fused-ring (bicyclic) bond motifs is 1. The molecular formula is C19H30O. The first-order valence-corrected chi connectivity index (χ1v) is 8.15. The average molecular weight is 274 g/mol. The van der Waals surface area contributed by atoms with Crippen LogP contribution in [0.3, 0.4) is 0 Å². The molecule has 0 aromatic carbocycles. The van der Waals surface area contributed by atoms with Crippen LogP contribution in [0.2, 0.25) is 0 Å². The molecule has 0 heterocycles. The molecule has 0 amide bonds.